The summed E-state index contributed by atoms with van der Waals surface area (Å²) in [7, 11) is 0. The summed E-state index contributed by atoms with van der Waals surface area (Å²) in [6, 6.07) is 0. The summed E-state index contributed by atoms with van der Waals surface area (Å²) in [5, 5.41) is 0. The zero-order valence-electron chi connectivity index (χ0n) is 11.3. The fourth-order valence-corrected chi connectivity index (χ4v) is 2.34. The maximum absolute atomic E-state index is 12.3. The van der Waals surface area contributed by atoms with Gasteiger partial charge in [0.1, 0.15) is 0 Å². The van der Waals surface area contributed by atoms with E-state index in [0.717, 1.165) is 25.9 Å². The summed E-state index contributed by atoms with van der Waals surface area (Å²) in [5.41, 5.74) is -0.307. The lowest BCUT2D eigenvalue weighted by atomic mass is 9.86. The summed E-state index contributed by atoms with van der Waals surface area (Å²) in [6.45, 7) is 14.4. The molecule has 2 heteroatoms. The van der Waals surface area contributed by atoms with E-state index >= 15 is 0 Å². The molecule has 0 aromatic heterocycles. The lowest BCUT2D eigenvalue weighted by Gasteiger charge is -2.37. The lowest BCUT2D eigenvalue weighted by molar-refractivity contribution is -0.133. The molecule has 0 saturated heterocycles. The summed E-state index contributed by atoms with van der Waals surface area (Å²) >= 11 is 0. The van der Waals surface area contributed by atoms with Gasteiger partial charge in [-0.15, -0.1) is 0 Å². The third kappa shape index (κ3) is 3.60. The first-order valence-electron chi connectivity index (χ1n) is 6.21. The van der Waals surface area contributed by atoms with Crippen LogP contribution in [0.25, 0.3) is 0 Å². The number of carbonyl (C=O) groups excluding carboxylic acids is 1. The first kappa shape index (κ1) is 14.6. The second-order valence-electron chi connectivity index (χ2n) is 4.79. The van der Waals surface area contributed by atoms with Gasteiger partial charge < -0.3 is 0 Å². The van der Waals surface area contributed by atoms with Crippen molar-refractivity contribution in [3.63, 3.8) is 0 Å². The highest BCUT2D eigenvalue weighted by atomic mass is 16.1. The second-order valence-corrected chi connectivity index (χ2v) is 4.79. The molecule has 90 valence electrons. The number of nitrogens with zero attached hydrogens (tertiary/aromatic N) is 1. The maximum Gasteiger partial charge on any atom is 0.155 e. The zero-order valence-corrected chi connectivity index (χ0v) is 11.3. The Morgan fingerprint density at radius 3 is 2.00 bits per heavy atom. The van der Waals surface area contributed by atoms with E-state index in [0.29, 0.717) is 5.78 Å². The van der Waals surface area contributed by atoms with E-state index in [2.05, 4.69) is 46.4 Å². The molecule has 1 unspecified atom stereocenters. The summed E-state index contributed by atoms with van der Waals surface area (Å²) in [6.07, 6.45) is 2.09. The SMILES string of the molecule is CCCC(C)C(=O)C(C)(C)N(CC)CC. The minimum absolute atomic E-state index is 0.186. The van der Waals surface area contributed by atoms with Crippen LogP contribution in [0.2, 0.25) is 0 Å². The van der Waals surface area contributed by atoms with Gasteiger partial charge in [0.05, 0.1) is 5.54 Å². The minimum atomic E-state index is -0.307. The Hall–Kier alpha value is -0.370. The van der Waals surface area contributed by atoms with Gasteiger partial charge in [-0.2, -0.15) is 0 Å². The number of hydrogen-bond donors (Lipinski definition) is 0. The van der Waals surface area contributed by atoms with Crippen LogP contribution in [0.1, 0.15) is 54.4 Å². The van der Waals surface area contributed by atoms with Gasteiger partial charge in [-0.25, -0.2) is 0 Å². The molecule has 0 aliphatic heterocycles. The molecule has 15 heavy (non-hydrogen) atoms. The first-order valence-corrected chi connectivity index (χ1v) is 6.21. The Bertz CT molecular complexity index is 195. The van der Waals surface area contributed by atoms with Crippen LogP contribution >= 0.6 is 0 Å². The molecule has 0 amide bonds. The van der Waals surface area contributed by atoms with Gasteiger partial charge in [0, 0.05) is 5.92 Å². The van der Waals surface area contributed by atoms with Crippen LogP contribution in [0.15, 0.2) is 0 Å². The van der Waals surface area contributed by atoms with E-state index < -0.39 is 0 Å². The van der Waals surface area contributed by atoms with Crippen LogP contribution in [0.4, 0.5) is 0 Å². The average molecular weight is 213 g/mol. The molecule has 0 saturated carbocycles. The standard InChI is InChI=1S/C13H27NO/c1-7-10-11(4)12(15)13(5,6)14(8-2)9-3/h11H,7-10H2,1-6H3. The molecule has 0 aliphatic rings. The highest BCUT2D eigenvalue weighted by Gasteiger charge is 2.34. The van der Waals surface area contributed by atoms with Crippen molar-refractivity contribution in [1.29, 1.82) is 0 Å². The molecule has 0 heterocycles. The predicted molar refractivity (Wildman–Crippen MR) is 66.1 cm³/mol. The van der Waals surface area contributed by atoms with Crippen LogP contribution in [0.5, 0.6) is 0 Å². The van der Waals surface area contributed by atoms with Crippen LogP contribution in [0.3, 0.4) is 0 Å². The normalized spacial score (nSPS) is 14.3. The number of likely N-dealkylation sites (N-methyl/N-ethyl adjacent to an activating group) is 1. The van der Waals surface area contributed by atoms with Gasteiger partial charge in [-0.3, -0.25) is 9.69 Å². The molecule has 0 aromatic rings. The van der Waals surface area contributed by atoms with Crippen molar-refractivity contribution < 1.29 is 4.79 Å². The Morgan fingerprint density at radius 1 is 1.20 bits per heavy atom. The van der Waals surface area contributed by atoms with E-state index in [1.54, 1.807) is 0 Å². The molecule has 0 aliphatic carbocycles. The largest absolute Gasteiger partial charge is 0.297 e. The Balaban J connectivity index is 4.62. The summed E-state index contributed by atoms with van der Waals surface area (Å²) in [5.74, 6) is 0.568. The fourth-order valence-electron chi connectivity index (χ4n) is 2.34. The molecule has 0 spiro atoms. The Morgan fingerprint density at radius 2 is 1.67 bits per heavy atom. The van der Waals surface area contributed by atoms with Gasteiger partial charge in [0.25, 0.3) is 0 Å². The van der Waals surface area contributed by atoms with Gasteiger partial charge in [-0.1, -0.05) is 34.1 Å². The van der Waals surface area contributed by atoms with Gasteiger partial charge in [0.2, 0.25) is 0 Å². The third-order valence-corrected chi connectivity index (χ3v) is 3.33. The molecule has 0 rings (SSSR count). The van der Waals surface area contributed by atoms with Crippen molar-refractivity contribution in [2.24, 2.45) is 5.92 Å². The smallest absolute Gasteiger partial charge is 0.155 e. The first-order chi connectivity index (χ1) is 6.91. The summed E-state index contributed by atoms with van der Waals surface area (Å²) in [4.78, 5) is 14.5. The third-order valence-electron chi connectivity index (χ3n) is 3.33. The average Bonchev–Trinajstić information content (AvgIpc) is 2.18. The zero-order chi connectivity index (χ0) is 12.1. The van der Waals surface area contributed by atoms with Crippen LogP contribution in [0, 0.1) is 5.92 Å². The van der Waals surface area contributed by atoms with Crippen LogP contribution < -0.4 is 0 Å². The Kier molecular flexibility index (Phi) is 6.11. The van der Waals surface area contributed by atoms with Crippen molar-refractivity contribution >= 4 is 5.78 Å². The number of hydrogen-bond acceptors (Lipinski definition) is 2. The molecule has 0 aromatic carbocycles. The molecular formula is C13H27NO. The monoisotopic (exact) mass is 213 g/mol. The van der Waals surface area contributed by atoms with E-state index in [1.165, 1.54) is 0 Å². The van der Waals surface area contributed by atoms with Crippen molar-refractivity contribution in [1.82, 2.24) is 4.90 Å². The highest BCUT2D eigenvalue weighted by Crippen LogP contribution is 2.22. The minimum Gasteiger partial charge on any atom is -0.297 e. The van der Waals surface area contributed by atoms with E-state index in [4.69, 9.17) is 0 Å². The quantitative estimate of drug-likeness (QED) is 0.647. The lowest BCUT2D eigenvalue weighted by Crippen LogP contribution is -2.51. The van der Waals surface area contributed by atoms with E-state index in [-0.39, 0.29) is 11.5 Å². The van der Waals surface area contributed by atoms with Gasteiger partial charge in [0.15, 0.2) is 5.78 Å². The van der Waals surface area contributed by atoms with Crippen molar-refractivity contribution in [3.8, 4) is 0 Å². The highest BCUT2D eigenvalue weighted by molar-refractivity contribution is 5.89. The number of ketones is 1. The number of rotatable bonds is 7. The molecule has 0 N–H and O–H groups in total. The molecule has 0 fully saturated rings. The Labute approximate surface area is 95.0 Å². The molecule has 0 radical (unpaired) electrons. The van der Waals surface area contributed by atoms with Crippen LogP contribution in [-0.4, -0.2) is 29.3 Å². The molecule has 1 atom stereocenters. The van der Waals surface area contributed by atoms with Crippen LogP contribution in [-0.2, 0) is 4.79 Å². The number of carbonyl (C=O) groups is 1. The van der Waals surface area contributed by atoms with Gasteiger partial charge in [-0.05, 0) is 33.4 Å². The topological polar surface area (TPSA) is 20.3 Å². The molecular weight excluding hydrogens is 186 g/mol. The van der Waals surface area contributed by atoms with Gasteiger partial charge >= 0.3 is 0 Å². The van der Waals surface area contributed by atoms with E-state index in [9.17, 15) is 4.79 Å². The number of Topliss-reactive ketones (excluding diaryl/α,β-unsaturated/α-hetero) is 1. The molecule has 2 nitrogen and oxygen atoms in total. The summed E-state index contributed by atoms with van der Waals surface area (Å²) < 4.78 is 0. The predicted octanol–water partition coefficient (Wildman–Crippen LogP) is 3.11. The van der Waals surface area contributed by atoms with E-state index in [1.807, 2.05) is 0 Å². The molecule has 0 bridgehead atoms. The second kappa shape index (κ2) is 6.26. The maximum atomic E-state index is 12.3. The van der Waals surface area contributed by atoms with Crippen molar-refractivity contribution in [3.05, 3.63) is 0 Å². The fraction of sp³-hybridized carbons (Fsp3) is 0.923. The van der Waals surface area contributed by atoms with Crippen molar-refractivity contribution in [2.75, 3.05) is 13.1 Å². The van der Waals surface area contributed by atoms with Crippen molar-refractivity contribution in [2.45, 2.75) is 59.9 Å².